The van der Waals surface area contributed by atoms with E-state index < -0.39 is 11.8 Å². The van der Waals surface area contributed by atoms with Crippen LogP contribution in [0.4, 0.5) is 15.8 Å². The van der Waals surface area contributed by atoms with Gasteiger partial charge < -0.3 is 10.6 Å². The summed E-state index contributed by atoms with van der Waals surface area (Å²) in [6.45, 7) is 6.98. The van der Waals surface area contributed by atoms with Gasteiger partial charge in [-0.15, -0.1) is 5.10 Å². The Morgan fingerprint density at radius 2 is 1.95 bits per heavy atom. The van der Waals surface area contributed by atoms with Gasteiger partial charge in [0.25, 0.3) is 0 Å². The fraction of sp³-hybridized carbons (Fsp3) is 0.281. The molecule has 9 heteroatoms. The second-order valence-corrected chi connectivity index (χ2v) is 11.5. The molecule has 0 radical (unpaired) electrons. The van der Waals surface area contributed by atoms with E-state index in [2.05, 4.69) is 57.8 Å². The molecule has 3 heterocycles. The van der Waals surface area contributed by atoms with E-state index in [4.69, 9.17) is 0 Å². The fourth-order valence-corrected chi connectivity index (χ4v) is 4.67. The minimum atomic E-state index is -1.60. The Bertz CT molecular complexity index is 1790. The summed E-state index contributed by atoms with van der Waals surface area (Å²) in [4.78, 5) is 9.26. The topological polar surface area (TPSA) is 104 Å². The second kappa shape index (κ2) is 10.6. The van der Waals surface area contributed by atoms with Gasteiger partial charge in [0, 0.05) is 35.6 Å². The van der Waals surface area contributed by atoms with Gasteiger partial charge in [0.2, 0.25) is 0 Å². The molecule has 41 heavy (non-hydrogen) atoms. The molecular weight excluding hydrogens is 515 g/mol. The molecule has 5 aromatic rings. The summed E-state index contributed by atoms with van der Waals surface area (Å²) < 4.78 is 25.5. The van der Waals surface area contributed by atoms with Crippen LogP contribution in [0.5, 0.6) is 0 Å². The zero-order valence-corrected chi connectivity index (χ0v) is 23.2. The molecule has 1 fully saturated rings. The van der Waals surface area contributed by atoms with E-state index in [1.165, 1.54) is 12.1 Å². The first-order valence-electron chi connectivity index (χ1n) is 14.1. The van der Waals surface area contributed by atoms with Crippen molar-refractivity contribution in [2.75, 3.05) is 17.2 Å². The third kappa shape index (κ3) is 5.73. The molecule has 0 amide bonds. The van der Waals surface area contributed by atoms with Crippen molar-refractivity contribution in [1.29, 1.82) is 5.26 Å². The van der Waals surface area contributed by atoms with Gasteiger partial charge in [-0.25, -0.2) is 9.07 Å². The zero-order valence-electron chi connectivity index (χ0n) is 24.2. The smallest absolute Gasteiger partial charge is 0.123 e. The van der Waals surface area contributed by atoms with Crippen molar-refractivity contribution in [2.45, 2.75) is 45.7 Å². The Morgan fingerprint density at radius 1 is 1.15 bits per heavy atom. The highest BCUT2D eigenvalue weighted by Gasteiger charge is 2.27. The first kappa shape index (κ1) is 25.1. The number of aromatic nitrogens is 5. The predicted octanol–water partition coefficient (Wildman–Crippen LogP) is 6.89. The lowest BCUT2D eigenvalue weighted by Crippen LogP contribution is -2.20. The molecule has 0 aliphatic heterocycles. The maximum atomic E-state index is 13.9. The molecule has 6 rings (SSSR count). The number of nitrogens with zero attached hydrogens (tertiary/aromatic N) is 6. The normalized spacial score (nSPS) is 15.1. The lowest BCUT2D eigenvalue weighted by Gasteiger charge is -2.23. The second-order valence-electron chi connectivity index (χ2n) is 11.5. The van der Waals surface area contributed by atoms with Crippen molar-refractivity contribution >= 4 is 22.3 Å². The molecule has 2 N–H and O–H groups in total. The Morgan fingerprint density at radius 3 is 2.63 bits per heavy atom. The summed E-state index contributed by atoms with van der Waals surface area (Å²) in [7, 11) is 0. The maximum Gasteiger partial charge on any atom is 0.123 e. The van der Waals surface area contributed by atoms with Gasteiger partial charge in [0.05, 0.1) is 42.1 Å². The van der Waals surface area contributed by atoms with Crippen LogP contribution in [0.3, 0.4) is 0 Å². The van der Waals surface area contributed by atoms with Crippen molar-refractivity contribution in [3.05, 3.63) is 95.8 Å². The van der Waals surface area contributed by atoms with E-state index in [9.17, 15) is 11.0 Å². The van der Waals surface area contributed by atoms with Crippen LogP contribution in [0.1, 0.15) is 63.9 Å². The van der Waals surface area contributed by atoms with Gasteiger partial charge in [-0.1, -0.05) is 44.2 Å². The van der Waals surface area contributed by atoms with Crippen LogP contribution < -0.4 is 10.6 Å². The highest BCUT2D eigenvalue weighted by molar-refractivity contribution is 6.03. The third-order valence-electron chi connectivity index (χ3n) is 6.92. The third-order valence-corrected chi connectivity index (χ3v) is 6.92. The number of rotatable bonds is 8. The number of anilines is 2. The molecule has 206 valence electrons. The van der Waals surface area contributed by atoms with Gasteiger partial charge >= 0.3 is 0 Å². The minimum absolute atomic E-state index is 0.0473. The van der Waals surface area contributed by atoms with Crippen LogP contribution in [-0.4, -0.2) is 31.5 Å². The number of nitriles is 1. The molecule has 1 atom stereocenters. The van der Waals surface area contributed by atoms with E-state index >= 15 is 0 Å². The van der Waals surface area contributed by atoms with E-state index in [0.29, 0.717) is 51.3 Å². The molecule has 1 unspecified atom stereocenters. The Labute approximate surface area is 239 Å². The summed E-state index contributed by atoms with van der Waals surface area (Å²) in [6, 6.07) is 16.2. The maximum absolute atomic E-state index is 13.9. The fourth-order valence-electron chi connectivity index (χ4n) is 4.67. The van der Waals surface area contributed by atoms with E-state index in [1.807, 2.05) is 30.3 Å². The number of fused-ring (bicyclic) bond motifs is 1. The molecule has 1 aliphatic rings. The quantitative estimate of drug-likeness (QED) is 0.218. The predicted molar refractivity (Wildman–Crippen MR) is 158 cm³/mol. The van der Waals surface area contributed by atoms with Gasteiger partial charge in [-0.3, -0.25) is 9.97 Å². The lowest BCUT2D eigenvalue weighted by molar-refractivity contribution is 0.443. The summed E-state index contributed by atoms with van der Waals surface area (Å²) in [5.41, 5.74) is 4.61. The molecule has 1 saturated carbocycles. The van der Waals surface area contributed by atoms with Crippen LogP contribution in [0.2, 0.25) is 0 Å². The molecule has 3 aromatic heterocycles. The van der Waals surface area contributed by atoms with Crippen LogP contribution in [0.25, 0.3) is 22.2 Å². The Balaban J connectivity index is 1.55. The first-order chi connectivity index (χ1) is 20.1. The first-order valence-corrected chi connectivity index (χ1v) is 13.6. The number of benzene rings is 2. The minimum Gasteiger partial charge on any atom is -0.383 e. The largest absolute Gasteiger partial charge is 0.383 e. The van der Waals surface area contributed by atoms with Gasteiger partial charge in [-0.2, -0.15) is 5.26 Å². The summed E-state index contributed by atoms with van der Waals surface area (Å²) in [6.07, 6.45) is 7.12. The summed E-state index contributed by atoms with van der Waals surface area (Å²) in [5.74, 6) is -0.393. The standard InChI is InChI=1S/C32H31FN8/c1-32(2,3)19-37-29-21(16-34)17-36-31-25(27-6-4-5-13-35-27)14-23(15-26(29)31)38-30(20-7-9-22(33)10-8-20)28-18-41(40-39-28)24-11-12-24/h4-10,13-15,17-18,24,30,38H,11-12,19H2,1-3H3,(H,36,37)/i30D. The molecule has 0 bridgehead atoms. The molecule has 8 nitrogen and oxygen atoms in total. The van der Waals surface area contributed by atoms with Gasteiger partial charge in [0.15, 0.2) is 0 Å². The van der Waals surface area contributed by atoms with Gasteiger partial charge in [0.1, 0.15) is 17.6 Å². The highest BCUT2D eigenvalue weighted by Crippen LogP contribution is 2.38. The average molecular weight is 548 g/mol. The van der Waals surface area contributed by atoms with Crippen molar-refractivity contribution in [3.63, 3.8) is 0 Å². The van der Waals surface area contributed by atoms with Crippen molar-refractivity contribution in [1.82, 2.24) is 25.0 Å². The summed E-state index contributed by atoms with van der Waals surface area (Å²) >= 11 is 0. The molecule has 2 aromatic carbocycles. The van der Waals surface area contributed by atoms with Crippen molar-refractivity contribution in [2.24, 2.45) is 5.41 Å². The van der Waals surface area contributed by atoms with Crippen LogP contribution in [0, 0.1) is 22.6 Å². The van der Waals surface area contributed by atoms with Crippen LogP contribution in [0.15, 0.2) is 73.2 Å². The van der Waals surface area contributed by atoms with Crippen molar-refractivity contribution in [3.8, 4) is 17.3 Å². The average Bonchev–Trinajstić information content (AvgIpc) is 3.71. The number of nitrogens with one attached hydrogen (secondary N) is 2. The lowest BCUT2D eigenvalue weighted by atomic mass is 9.96. The Hall–Kier alpha value is -4.84. The van der Waals surface area contributed by atoms with E-state index in [-0.39, 0.29) is 11.5 Å². The monoisotopic (exact) mass is 547 g/mol. The molecule has 0 spiro atoms. The van der Waals surface area contributed by atoms with Gasteiger partial charge in [-0.05, 0) is 60.2 Å². The number of hydrogen-bond donors (Lipinski definition) is 2. The van der Waals surface area contributed by atoms with E-state index in [0.717, 1.165) is 18.4 Å². The molecule has 0 saturated heterocycles. The van der Waals surface area contributed by atoms with Crippen LogP contribution in [-0.2, 0) is 0 Å². The summed E-state index contributed by atoms with van der Waals surface area (Å²) in [5, 5.41) is 26.2. The van der Waals surface area contributed by atoms with E-state index in [1.54, 1.807) is 35.4 Å². The number of hydrogen-bond acceptors (Lipinski definition) is 7. The Kier molecular flexibility index (Phi) is 6.51. The molecule has 1 aliphatic carbocycles. The molecular formula is C32H31FN8. The van der Waals surface area contributed by atoms with Crippen molar-refractivity contribution < 1.29 is 5.76 Å². The van der Waals surface area contributed by atoms with Crippen LogP contribution >= 0.6 is 0 Å². The number of pyridine rings is 2. The highest BCUT2D eigenvalue weighted by atomic mass is 19.1. The number of halogens is 1. The SMILES string of the molecule is [2H]C(Nc1cc(-c2ccccn2)c2ncc(C#N)c(NCC(C)(C)C)c2c1)(c1ccc(F)cc1)c1cn(C2CC2)nn1. The zero-order chi connectivity index (χ0) is 29.5.